The van der Waals surface area contributed by atoms with Crippen molar-refractivity contribution < 1.29 is 0 Å². The van der Waals surface area contributed by atoms with Gasteiger partial charge in [-0.3, -0.25) is 9.97 Å². The lowest BCUT2D eigenvalue weighted by Crippen LogP contribution is -2.60. The summed E-state index contributed by atoms with van der Waals surface area (Å²) in [5.74, 6) is 1.79. The SMILES string of the molecule is Cc1cc(-c2nc(-c3cc(C)nc(C)c3)nc(-c3cc4c5c(c3)-n3c6ccc7c8ccccc8c8ccccc8c7c6c6cccc(c63)B5c3cc(C(C)(C)C)ccc3N4c3ccc(C(C)(C)C)cc3)n2)cc(C)n1. The largest absolute Gasteiger partial charge is 0.311 e. The van der Waals surface area contributed by atoms with Gasteiger partial charge in [-0.1, -0.05) is 139 Å². The molecule has 6 heterocycles. The zero-order valence-electron chi connectivity index (χ0n) is 44.2. The first-order valence-electron chi connectivity index (χ1n) is 26.3. The molecular weight excluding hydrogens is 914 g/mol. The number of aryl methyl sites for hydroxylation is 4. The van der Waals surface area contributed by atoms with E-state index in [1.54, 1.807) is 0 Å². The van der Waals surface area contributed by atoms with Crippen molar-refractivity contribution in [2.75, 3.05) is 4.90 Å². The van der Waals surface area contributed by atoms with E-state index in [2.05, 4.69) is 209 Å². The second-order valence-electron chi connectivity index (χ2n) is 23.2. The molecule has 0 aliphatic carbocycles. The molecule has 0 radical (unpaired) electrons. The maximum atomic E-state index is 5.46. The van der Waals surface area contributed by atoms with Crippen molar-refractivity contribution in [2.45, 2.75) is 80.1 Å². The minimum absolute atomic E-state index is 0.0115. The van der Waals surface area contributed by atoms with Gasteiger partial charge in [-0.2, -0.15) is 0 Å². The van der Waals surface area contributed by atoms with Gasteiger partial charge in [0.15, 0.2) is 17.5 Å². The number of hydrogen-bond acceptors (Lipinski definition) is 6. The van der Waals surface area contributed by atoms with Gasteiger partial charge in [0.2, 0.25) is 0 Å². The number of benzene rings is 8. The average molecular weight is 970 g/mol. The molecule has 0 atom stereocenters. The summed E-state index contributed by atoms with van der Waals surface area (Å²) in [5, 5.41) is 10.1. The van der Waals surface area contributed by atoms with Crippen molar-refractivity contribution in [3.63, 3.8) is 0 Å². The normalized spacial score (nSPS) is 13.1. The van der Waals surface area contributed by atoms with Gasteiger partial charge in [-0.05, 0) is 154 Å². The third-order valence-corrected chi connectivity index (χ3v) is 15.9. The Labute approximate surface area is 438 Å². The molecule has 7 nitrogen and oxygen atoms in total. The van der Waals surface area contributed by atoms with Gasteiger partial charge in [0, 0.05) is 83.9 Å². The molecule has 0 N–H and O–H groups in total. The zero-order valence-corrected chi connectivity index (χ0v) is 44.2. The van der Waals surface area contributed by atoms with E-state index in [0.717, 1.165) is 56.5 Å². The van der Waals surface area contributed by atoms with Crippen molar-refractivity contribution in [1.82, 2.24) is 29.5 Å². The van der Waals surface area contributed by atoms with Gasteiger partial charge in [-0.15, -0.1) is 0 Å². The van der Waals surface area contributed by atoms with E-state index in [9.17, 15) is 0 Å². The number of para-hydroxylation sites is 1. The number of nitrogens with zero attached hydrogens (tertiary/aromatic N) is 7. The maximum absolute atomic E-state index is 5.46. The Balaban J connectivity index is 1.15. The third-order valence-electron chi connectivity index (χ3n) is 15.9. The van der Waals surface area contributed by atoms with Gasteiger partial charge < -0.3 is 9.47 Å². The van der Waals surface area contributed by atoms with Crippen molar-refractivity contribution in [2.24, 2.45) is 0 Å². The van der Waals surface area contributed by atoms with Crippen LogP contribution in [-0.4, -0.2) is 36.2 Å². The van der Waals surface area contributed by atoms with E-state index in [4.69, 9.17) is 24.9 Å². The smallest absolute Gasteiger partial charge is 0.252 e. The highest BCUT2D eigenvalue weighted by Gasteiger charge is 2.43. The highest BCUT2D eigenvalue weighted by Crippen LogP contribution is 2.47. The van der Waals surface area contributed by atoms with Crippen molar-refractivity contribution in [3.8, 4) is 39.9 Å². The molecule has 14 rings (SSSR count). The summed E-state index contributed by atoms with van der Waals surface area (Å²) in [6, 6.07) is 59.1. The first-order chi connectivity index (χ1) is 36.1. The van der Waals surface area contributed by atoms with Crippen molar-refractivity contribution in [3.05, 3.63) is 192 Å². The minimum Gasteiger partial charge on any atom is -0.311 e. The molecule has 0 saturated heterocycles. The summed E-state index contributed by atoms with van der Waals surface area (Å²) in [7, 11) is 0. The summed E-state index contributed by atoms with van der Waals surface area (Å²) in [6.07, 6.45) is 0. The van der Waals surface area contributed by atoms with Crippen LogP contribution < -0.4 is 21.3 Å². The first-order valence-corrected chi connectivity index (χ1v) is 26.3. The number of pyridine rings is 2. The van der Waals surface area contributed by atoms with Crippen LogP contribution in [0, 0.1) is 27.7 Å². The molecule has 2 aliphatic rings. The van der Waals surface area contributed by atoms with Crippen LogP contribution in [0.4, 0.5) is 17.1 Å². The Hall–Kier alpha value is -8.49. The predicted octanol–water partition coefficient (Wildman–Crippen LogP) is 14.7. The van der Waals surface area contributed by atoms with Crippen LogP contribution in [0.1, 0.15) is 75.4 Å². The second-order valence-corrected chi connectivity index (χ2v) is 23.2. The summed E-state index contributed by atoms with van der Waals surface area (Å²) in [4.78, 5) is 28.2. The summed E-state index contributed by atoms with van der Waals surface area (Å²) in [6.45, 7) is 21.9. The van der Waals surface area contributed by atoms with Gasteiger partial charge in [0.05, 0.1) is 5.52 Å². The molecule has 2 aliphatic heterocycles. The van der Waals surface area contributed by atoms with Crippen LogP contribution in [0.3, 0.4) is 0 Å². The van der Waals surface area contributed by atoms with E-state index in [0.29, 0.717) is 17.5 Å². The lowest BCUT2D eigenvalue weighted by molar-refractivity contribution is 0.590. The lowest BCUT2D eigenvalue weighted by Gasteiger charge is -2.41. The van der Waals surface area contributed by atoms with Gasteiger partial charge in [0.25, 0.3) is 6.71 Å². The van der Waals surface area contributed by atoms with Crippen LogP contribution in [0.2, 0.25) is 0 Å². The number of aromatic nitrogens is 6. The van der Waals surface area contributed by atoms with E-state index >= 15 is 0 Å². The van der Waals surface area contributed by atoms with E-state index < -0.39 is 0 Å². The highest BCUT2D eigenvalue weighted by atomic mass is 15.2. The first kappa shape index (κ1) is 45.2. The monoisotopic (exact) mass is 969 g/mol. The van der Waals surface area contributed by atoms with Crippen LogP contribution in [0.5, 0.6) is 0 Å². The van der Waals surface area contributed by atoms with E-state index in [-0.39, 0.29) is 17.5 Å². The lowest BCUT2D eigenvalue weighted by atomic mass is 9.33. The van der Waals surface area contributed by atoms with Crippen molar-refractivity contribution in [1.29, 1.82) is 0 Å². The maximum Gasteiger partial charge on any atom is 0.252 e. The summed E-state index contributed by atoms with van der Waals surface area (Å²) in [5.41, 5.74) is 19.6. The topological polar surface area (TPSA) is 72.6 Å². The molecule has 8 heteroatoms. The fourth-order valence-corrected chi connectivity index (χ4v) is 12.6. The molecule has 0 saturated carbocycles. The molecule has 75 heavy (non-hydrogen) atoms. The van der Waals surface area contributed by atoms with Crippen LogP contribution in [0.15, 0.2) is 158 Å². The zero-order chi connectivity index (χ0) is 51.4. The number of anilines is 3. The van der Waals surface area contributed by atoms with Crippen molar-refractivity contribution >= 4 is 94.3 Å². The predicted molar refractivity (Wildman–Crippen MR) is 314 cm³/mol. The second kappa shape index (κ2) is 16.0. The van der Waals surface area contributed by atoms with Crippen LogP contribution in [0.25, 0.3) is 94.0 Å². The van der Waals surface area contributed by atoms with Crippen LogP contribution >= 0.6 is 0 Å². The molecule has 0 fully saturated rings. The molecule has 0 bridgehead atoms. The summed E-state index contributed by atoms with van der Waals surface area (Å²) >= 11 is 0. The molecule has 362 valence electrons. The standard InChI is InChI=1S/C67H56BN7/c1-37-30-41(31-38(2)69-37)63-71-64(42-32-39(3)70-40(4)33-42)73-65(72-63)43-34-57-61-58(35-43)75-56-29-27-51-49-18-12-11-16-47(49)48-17-13-14-19-50(48)59(51)60(56)52-20-15-21-53(62(52)75)68(61)54-36-45(67(8,9)10)24-28-55(54)74(57)46-25-22-44(23-26-46)66(5,6)7/h11-36H,1-10H3. The highest BCUT2D eigenvalue weighted by molar-refractivity contribution is 7.00. The third kappa shape index (κ3) is 6.91. The molecular formula is C67H56BN7. The molecule has 0 unspecified atom stereocenters. The Morgan fingerprint density at radius 2 is 0.880 bits per heavy atom. The number of rotatable bonds is 4. The quantitative estimate of drug-likeness (QED) is 0.129. The Kier molecular flexibility index (Phi) is 9.64. The van der Waals surface area contributed by atoms with E-state index in [1.807, 2.05) is 27.7 Å². The minimum atomic E-state index is -0.0780. The number of fused-ring (bicyclic) bond motifs is 14. The van der Waals surface area contributed by atoms with Crippen LogP contribution in [-0.2, 0) is 10.8 Å². The Morgan fingerprint density at radius 1 is 0.387 bits per heavy atom. The molecule has 0 amide bonds. The fourth-order valence-electron chi connectivity index (χ4n) is 12.6. The number of hydrogen-bond donors (Lipinski definition) is 0. The fraction of sp³-hybridized carbons (Fsp3) is 0.179. The average Bonchev–Trinajstić information content (AvgIpc) is 3.99. The summed E-state index contributed by atoms with van der Waals surface area (Å²) < 4.78 is 2.58. The van der Waals surface area contributed by atoms with E-state index in [1.165, 1.54) is 87.3 Å². The Bertz CT molecular complexity index is 4290. The van der Waals surface area contributed by atoms with Gasteiger partial charge in [0.1, 0.15) is 0 Å². The Morgan fingerprint density at radius 3 is 1.45 bits per heavy atom. The molecule has 12 aromatic rings. The molecule has 4 aromatic heterocycles. The van der Waals surface area contributed by atoms with Gasteiger partial charge in [-0.25, -0.2) is 15.0 Å². The van der Waals surface area contributed by atoms with Gasteiger partial charge >= 0.3 is 0 Å². The molecule has 8 aromatic carbocycles. The molecule has 0 spiro atoms.